The normalized spacial score (nSPS) is 12.6. The molecule has 7 heteroatoms. The number of nitrogens with one attached hydrogen (secondary N) is 1. The maximum atomic E-state index is 10.6. The summed E-state index contributed by atoms with van der Waals surface area (Å²) in [6.45, 7) is 5.24. The highest BCUT2D eigenvalue weighted by Gasteiger charge is 2.03. The number of hydrogen-bond acceptors (Lipinski definition) is 6. The Balaban J connectivity index is 0.000000248. The second-order valence-corrected chi connectivity index (χ2v) is 6.61. The number of rotatable bonds is 6. The number of carbonyl (C=O) groups is 1. The number of methoxy groups -OCH3 is 1. The Labute approximate surface area is 176 Å². The SMILES string of the molecule is CC(=O)OCCc1ccc(-c2cc(C#N)n[nH]2)cc1.COCC1=NCC=C(C)C=C1. The van der Waals surface area contributed by atoms with Crippen molar-refractivity contribution in [2.45, 2.75) is 20.3 Å². The smallest absolute Gasteiger partial charge is 0.302 e. The second kappa shape index (κ2) is 12.1. The number of hydrogen-bond donors (Lipinski definition) is 1. The molecular weight excluding hydrogens is 380 g/mol. The minimum atomic E-state index is -0.266. The van der Waals surface area contributed by atoms with E-state index in [1.54, 1.807) is 13.2 Å². The third-order valence-electron chi connectivity index (χ3n) is 4.19. The van der Waals surface area contributed by atoms with Gasteiger partial charge in [-0.25, -0.2) is 0 Å². The van der Waals surface area contributed by atoms with E-state index in [0.717, 1.165) is 29.1 Å². The third-order valence-corrected chi connectivity index (χ3v) is 4.19. The summed E-state index contributed by atoms with van der Waals surface area (Å²) < 4.78 is 9.85. The van der Waals surface area contributed by atoms with Crippen molar-refractivity contribution in [3.8, 4) is 17.3 Å². The first-order chi connectivity index (χ1) is 14.5. The first-order valence-corrected chi connectivity index (χ1v) is 9.57. The Morgan fingerprint density at radius 3 is 2.67 bits per heavy atom. The summed E-state index contributed by atoms with van der Waals surface area (Å²) in [4.78, 5) is 14.9. The fourth-order valence-corrected chi connectivity index (χ4v) is 2.59. The van der Waals surface area contributed by atoms with Gasteiger partial charge < -0.3 is 9.47 Å². The molecule has 0 saturated heterocycles. The molecule has 1 aliphatic heterocycles. The highest BCUT2D eigenvalue weighted by atomic mass is 16.5. The topological polar surface area (TPSA) is 100 Å². The number of H-pyrrole nitrogens is 1. The van der Waals surface area contributed by atoms with E-state index < -0.39 is 0 Å². The number of aromatic nitrogens is 2. The van der Waals surface area contributed by atoms with Crippen LogP contribution < -0.4 is 0 Å². The van der Waals surface area contributed by atoms with Crippen LogP contribution in [0.2, 0.25) is 0 Å². The number of benzene rings is 1. The van der Waals surface area contributed by atoms with Gasteiger partial charge in [-0.1, -0.05) is 42.0 Å². The van der Waals surface area contributed by atoms with Crippen molar-refractivity contribution >= 4 is 11.7 Å². The number of aliphatic imine (C=N–C) groups is 1. The summed E-state index contributed by atoms with van der Waals surface area (Å²) in [5.41, 5.74) is 5.51. The summed E-state index contributed by atoms with van der Waals surface area (Å²) in [5, 5.41) is 15.4. The molecule has 0 bridgehead atoms. The van der Waals surface area contributed by atoms with Crippen molar-refractivity contribution < 1.29 is 14.3 Å². The molecule has 156 valence electrons. The summed E-state index contributed by atoms with van der Waals surface area (Å²) >= 11 is 0. The van der Waals surface area contributed by atoms with Gasteiger partial charge in [-0.05, 0) is 24.1 Å². The standard InChI is InChI=1S/C14H13N3O2.C9H13NO/c1-10(18)19-7-6-11-2-4-12(5-3-11)14-8-13(9-15)16-17-14;1-8-3-4-9(7-11-2)10-6-5-8/h2-5,8H,6-7H2,1H3,(H,16,17);3-5H,6-7H2,1-2H3. The van der Waals surface area contributed by atoms with Crippen LogP contribution >= 0.6 is 0 Å². The van der Waals surface area contributed by atoms with Crippen LogP contribution in [0.25, 0.3) is 11.3 Å². The van der Waals surface area contributed by atoms with E-state index in [2.05, 4.69) is 34.3 Å². The van der Waals surface area contributed by atoms with Gasteiger partial charge in [-0.2, -0.15) is 10.4 Å². The van der Waals surface area contributed by atoms with Gasteiger partial charge in [0.05, 0.1) is 31.2 Å². The molecule has 0 spiro atoms. The monoisotopic (exact) mass is 406 g/mol. The van der Waals surface area contributed by atoms with Gasteiger partial charge in [0.15, 0.2) is 5.69 Å². The number of allylic oxidation sites excluding steroid dienone is 2. The Kier molecular flexibility index (Phi) is 9.22. The summed E-state index contributed by atoms with van der Waals surface area (Å²) in [5.74, 6) is -0.266. The molecule has 2 heterocycles. The first kappa shape index (κ1) is 22.8. The Morgan fingerprint density at radius 1 is 1.27 bits per heavy atom. The number of nitriles is 1. The average molecular weight is 406 g/mol. The van der Waals surface area contributed by atoms with E-state index in [4.69, 9.17) is 14.7 Å². The molecule has 30 heavy (non-hydrogen) atoms. The predicted octanol–water partition coefficient (Wildman–Crippen LogP) is 3.64. The van der Waals surface area contributed by atoms with Crippen LogP contribution in [0.1, 0.15) is 25.1 Å². The van der Waals surface area contributed by atoms with E-state index in [1.807, 2.05) is 36.4 Å². The van der Waals surface area contributed by atoms with Gasteiger partial charge in [0.2, 0.25) is 0 Å². The third kappa shape index (κ3) is 7.86. The van der Waals surface area contributed by atoms with Crippen LogP contribution in [-0.2, 0) is 20.7 Å². The van der Waals surface area contributed by atoms with Gasteiger partial charge in [0.1, 0.15) is 6.07 Å². The molecule has 7 nitrogen and oxygen atoms in total. The van der Waals surface area contributed by atoms with Crippen molar-refractivity contribution in [3.63, 3.8) is 0 Å². The average Bonchev–Trinajstić information content (AvgIpc) is 3.13. The molecule has 1 aliphatic rings. The number of esters is 1. The quantitative estimate of drug-likeness (QED) is 0.738. The van der Waals surface area contributed by atoms with Crippen LogP contribution in [0.5, 0.6) is 0 Å². The molecule has 0 radical (unpaired) electrons. The Morgan fingerprint density at radius 2 is 2.03 bits per heavy atom. The summed E-state index contributed by atoms with van der Waals surface area (Å²) in [7, 11) is 1.68. The minimum Gasteiger partial charge on any atom is -0.466 e. The zero-order chi connectivity index (χ0) is 21.8. The lowest BCUT2D eigenvalue weighted by atomic mass is 10.1. The zero-order valence-corrected chi connectivity index (χ0v) is 17.5. The number of ether oxygens (including phenoxy) is 2. The second-order valence-electron chi connectivity index (χ2n) is 6.61. The molecule has 3 rings (SSSR count). The van der Waals surface area contributed by atoms with Crippen molar-refractivity contribution in [2.75, 3.05) is 26.9 Å². The lowest BCUT2D eigenvalue weighted by molar-refractivity contribution is -0.140. The summed E-state index contributed by atoms with van der Waals surface area (Å²) in [6, 6.07) is 11.5. The highest BCUT2D eigenvalue weighted by molar-refractivity contribution is 5.96. The number of carbonyl (C=O) groups excluding carboxylic acids is 1. The fraction of sp³-hybridized carbons (Fsp3) is 0.304. The first-order valence-electron chi connectivity index (χ1n) is 9.57. The van der Waals surface area contributed by atoms with E-state index in [1.165, 1.54) is 12.5 Å². The molecule has 1 aromatic heterocycles. The molecular formula is C23H26N4O3. The molecule has 0 amide bonds. The van der Waals surface area contributed by atoms with Gasteiger partial charge in [0, 0.05) is 26.5 Å². The minimum absolute atomic E-state index is 0.266. The molecule has 0 saturated carbocycles. The Bertz CT molecular complexity index is 963. The van der Waals surface area contributed by atoms with Crippen molar-refractivity contribution in [2.24, 2.45) is 4.99 Å². The van der Waals surface area contributed by atoms with Gasteiger partial charge >= 0.3 is 5.97 Å². The van der Waals surface area contributed by atoms with Crippen LogP contribution in [0, 0.1) is 11.3 Å². The van der Waals surface area contributed by atoms with E-state index in [-0.39, 0.29) is 5.97 Å². The zero-order valence-electron chi connectivity index (χ0n) is 17.5. The largest absolute Gasteiger partial charge is 0.466 e. The van der Waals surface area contributed by atoms with Gasteiger partial charge in [-0.3, -0.25) is 14.9 Å². The molecule has 1 N–H and O–H groups in total. The molecule has 2 aromatic rings. The lowest BCUT2D eigenvalue weighted by Crippen LogP contribution is -2.03. The van der Waals surface area contributed by atoms with E-state index >= 15 is 0 Å². The molecule has 1 aromatic carbocycles. The van der Waals surface area contributed by atoms with Crippen molar-refractivity contribution in [1.29, 1.82) is 5.26 Å². The molecule has 0 atom stereocenters. The maximum Gasteiger partial charge on any atom is 0.302 e. The molecule has 0 fully saturated rings. The van der Waals surface area contributed by atoms with Crippen LogP contribution in [0.15, 0.2) is 59.1 Å². The predicted molar refractivity (Wildman–Crippen MR) is 116 cm³/mol. The van der Waals surface area contributed by atoms with Crippen LogP contribution in [0.4, 0.5) is 0 Å². The lowest BCUT2D eigenvalue weighted by Gasteiger charge is -2.03. The highest BCUT2D eigenvalue weighted by Crippen LogP contribution is 2.18. The van der Waals surface area contributed by atoms with Gasteiger partial charge in [-0.15, -0.1) is 0 Å². The van der Waals surface area contributed by atoms with Crippen molar-refractivity contribution in [1.82, 2.24) is 10.2 Å². The van der Waals surface area contributed by atoms with Gasteiger partial charge in [0.25, 0.3) is 0 Å². The maximum absolute atomic E-state index is 10.6. The number of aromatic amines is 1. The molecule has 0 aliphatic carbocycles. The van der Waals surface area contributed by atoms with E-state index in [9.17, 15) is 4.79 Å². The van der Waals surface area contributed by atoms with Crippen molar-refractivity contribution in [3.05, 3.63) is 65.4 Å². The Hall–Kier alpha value is -3.50. The fourth-order valence-electron chi connectivity index (χ4n) is 2.59. The van der Waals surface area contributed by atoms with Crippen LogP contribution in [-0.4, -0.2) is 48.7 Å². The number of nitrogens with zero attached hydrogens (tertiary/aromatic N) is 3. The van der Waals surface area contributed by atoms with E-state index in [0.29, 0.717) is 25.3 Å². The van der Waals surface area contributed by atoms with Crippen LogP contribution in [0.3, 0.4) is 0 Å². The molecule has 0 unspecified atom stereocenters. The summed E-state index contributed by atoms with van der Waals surface area (Å²) in [6.07, 6.45) is 6.85.